The number of carbonyl (C=O) groups is 1. The first kappa shape index (κ1) is 17.7. The molecule has 1 fully saturated rings. The number of ether oxygens (including phenoxy) is 1. The van der Waals surface area contributed by atoms with E-state index in [0.29, 0.717) is 17.2 Å². The van der Waals surface area contributed by atoms with Gasteiger partial charge in [0.1, 0.15) is 5.75 Å². The van der Waals surface area contributed by atoms with E-state index in [1.807, 2.05) is 30.3 Å². The minimum absolute atomic E-state index is 0.0570. The van der Waals surface area contributed by atoms with Crippen LogP contribution in [0.15, 0.2) is 54.1 Å². The lowest BCUT2D eigenvalue weighted by Gasteiger charge is -2.43. The number of aryl methyl sites for hydroxylation is 1. The standard InChI is InChI=1S/C25H26O3/c1-25-14-13-20-19-10-8-18(28-24(27)16-5-3-2-4-6-16)15-17(19)7-9-21(20)22(25)11-12-23(25)26/h2-6,8,10,15,22-23,26H,7,9,11-14H2,1H3/t22-,23+,25-/m0/s1. The summed E-state index contributed by atoms with van der Waals surface area (Å²) in [6.45, 7) is 2.28. The van der Waals surface area contributed by atoms with E-state index >= 15 is 0 Å². The zero-order valence-corrected chi connectivity index (χ0v) is 16.3. The number of hydrogen-bond donors (Lipinski definition) is 1. The van der Waals surface area contributed by atoms with Crippen LogP contribution in [0.4, 0.5) is 0 Å². The van der Waals surface area contributed by atoms with Gasteiger partial charge < -0.3 is 9.84 Å². The average Bonchev–Trinajstić information content (AvgIpc) is 3.03. The van der Waals surface area contributed by atoms with Crippen molar-refractivity contribution in [1.29, 1.82) is 0 Å². The van der Waals surface area contributed by atoms with E-state index in [1.54, 1.807) is 17.7 Å². The maximum Gasteiger partial charge on any atom is 0.343 e. The molecule has 3 aliphatic carbocycles. The highest BCUT2D eigenvalue weighted by Gasteiger charge is 2.50. The van der Waals surface area contributed by atoms with Crippen LogP contribution in [0.5, 0.6) is 5.75 Å². The highest BCUT2D eigenvalue weighted by Crippen LogP contribution is 2.58. The molecule has 2 aromatic rings. The smallest absolute Gasteiger partial charge is 0.343 e. The molecular formula is C25H26O3. The maximum atomic E-state index is 12.3. The zero-order valence-electron chi connectivity index (χ0n) is 16.3. The third-order valence-corrected chi connectivity index (χ3v) is 7.29. The van der Waals surface area contributed by atoms with E-state index in [9.17, 15) is 9.90 Å². The van der Waals surface area contributed by atoms with Crippen LogP contribution in [0.1, 0.15) is 60.5 Å². The Morgan fingerprint density at radius 3 is 2.71 bits per heavy atom. The molecule has 0 radical (unpaired) electrons. The number of benzene rings is 2. The van der Waals surface area contributed by atoms with E-state index in [1.165, 1.54) is 16.7 Å². The highest BCUT2D eigenvalue weighted by molar-refractivity contribution is 5.91. The van der Waals surface area contributed by atoms with Crippen molar-refractivity contribution < 1.29 is 14.6 Å². The molecule has 3 heteroatoms. The number of aliphatic hydroxyl groups excluding tert-OH is 1. The molecule has 2 aromatic carbocycles. The molecule has 0 bridgehead atoms. The van der Waals surface area contributed by atoms with Gasteiger partial charge in [-0.3, -0.25) is 0 Å². The minimum atomic E-state index is -0.315. The van der Waals surface area contributed by atoms with Gasteiger partial charge in [0, 0.05) is 5.41 Å². The third-order valence-electron chi connectivity index (χ3n) is 7.29. The van der Waals surface area contributed by atoms with Crippen LogP contribution in [-0.4, -0.2) is 17.2 Å². The molecule has 3 aliphatic rings. The summed E-state index contributed by atoms with van der Waals surface area (Å²) in [4.78, 5) is 12.3. The first-order valence-electron chi connectivity index (χ1n) is 10.4. The minimum Gasteiger partial charge on any atom is -0.423 e. The van der Waals surface area contributed by atoms with Gasteiger partial charge in [-0.2, -0.15) is 0 Å². The van der Waals surface area contributed by atoms with E-state index in [2.05, 4.69) is 13.0 Å². The molecule has 1 saturated carbocycles. The van der Waals surface area contributed by atoms with Crippen LogP contribution in [0.25, 0.3) is 5.57 Å². The van der Waals surface area contributed by atoms with Crippen molar-refractivity contribution in [3.8, 4) is 5.75 Å². The molecule has 0 saturated heterocycles. The number of hydrogen-bond acceptors (Lipinski definition) is 3. The first-order valence-corrected chi connectivity index (χ1v) is 10.4. The van der Waals surface area contributed by atoms with Crippen molar-refractivity contribution in [3.63, 3.8) is 0 Å². The van der Waals surface area contributed by atoms with E-state index in [0.717, 1.165) is 38.5 Å². The molecule has 3 atom stereocenters. The topological polar surface area (TPSA) is 46.5 Å². The summed E-state index contributed by atoms with van der Waals surface area (Å²) in [6, 6.07) is 15.2. The van der Waals surface area contributed by atoms with Crippen LogP contribution in [0, 0.1) is 11.3 Å². The summed E-state index contributed by atoms with van der Waals surface area (Å²) >= 11 is 0. The SMILES string of the molecule is C[C@]12CCC3=C(CCc4cc(OC(=O)c5ccccc5)ccc43)[C@@H]1CC[C@H]2O. The van der Waals surface area contributed by atoms with Crippen LogP contribution in [-0.2, 0) is 6.42 Å². The number of carbonyl (C=O) groups excluding carboxylic acids is 1. The van der Waals surface area contributed by atoms with E-state index in [-0.39, 0.29) is 17.5 Å². The molecule has 144 valence electrons. The van der Waals surface area contributed by atoms with Crippen molar-refractivity contribution >= 4 is 11.5 Å². The van der Waals surface area contributed by atoms with Crippen molar-refractivity contribution in [2.24, 2.45) is 11.3 Å². The predicted molar refractivity (Wildman–Crippen MR) is 109 cm³/mol. The van der Waals surface area contributed by atoms with Gasteiger partial charge >= 0.3 is 5.97 Å². The van der Waals surface area contributed by atoms with Gasteiger partial charge in [0.2, 0.25) is 0 Å². The maximum absolute atomic E-state index is 12.3. The summed E-state index contributed by atoms with van der Waals surface area (Å²) in [7, 11) is 0. The first-order chi connectivity index (χ1) is 13.6. The second kappa shape index (κ2) is 6.59. The highest BCUT2D eigenvalue weighted by atomic mass is 16.5. The van der Waals surface area contributed by atoms with Crippen molar-refractivity contribution in [2.75, 3.05) is 0 Å². The van der Waals surface area contributed by atoms with Gasteiger partial charge in [0.05, 0.1) is 11.7 Å². The van der Waals surface area contributed by atoms with Crippen LogP contribution >= 0.6 is 0 Å². The molecule has 0 aliphatic heterocycles. The van der Waals surface area contributed by atoms with Gasteiger partial charge in [-0.05, 0) is 85.4 Å². The number of fused-ring (bicyclic) bond motifs is 4. The Labute approximate surface area is 166 Å². The Bertz CT molecular complexity index is 959. The van der Waals surface area contributed by atoms with Crippen LogP contribution in [0.3, 0.4) is 0 Å². The average molecular weight is 374 g/mol. The van der Waals surface area contributed by atoms with Gasteiger partial charge in [0.15, 0.2) is 0 Å². The van der Waals surface area contributed by atoms with Crippen molar-refractivity contribution in [1.82, 2.24) is 0 Å². The number of esters is 1. The second-order valence-electron chi connectivity index (χ2n) is 8.73. The number of rotatable bonds is 2. The Morgan fingerprint density at radius 2 is 1.89 bits per heavy atom. The van der Waals surface area contributed by atoms with Crippen LogP contribution in [0.2, 0.25) is 0 Å². The summed E-state index contributed by atoms with van der Waals surface area (Å²) < 4.78 is 5.61. The van der Waals surface area contributed by atoms with Gasteiger partial charge in [0.25, 0.3) is 0 Å². The molecule has 0 heterocycles. The monoisotopic (exact) mass is 374 g/mol. The van der Waals surface area contributed by atoms with Crippen molar-refractivity contribution in [3.05, 3.63) is 70.8 Å². The van der Waals surface area contributed by atoms with Gasteiger partial charge in [-0.1, -0.05) is 36.8 Å². The lowest BCUT2D eigenvalue weighted by atomic mass is 9.62. The molecular weight excluding hydrogens is 348 g/mol. The number of allylic oxidation sites excluding steroid dienone is 2. The molecule has 28 heavy (non-hydrogen) atoms. The Balaban J connectivity index is 1.43. The molecule has 1 N–H and O–H groups in total. The predicted octanol–water partition coefficient (Wildman–Crippen LogP) is 5.18. The van der Waals surface area contributed by atoms with E-state index < -0.39 is 0 Å². The molecule has 0 spiro atoms. The normalized spacial score (nSPS) is 28.4. The van der Waals surface area contributed by atoms with Gasteiger partial charge in [-0.25, -0.2) is 4.79 Å². The van der Waals surface area contributed by atoms with Gasteiger partial charge in [-0.15, -0.1) is 0 Å². The fourth-order valence-electron chi connectivity index (χ4n) is 5.67. The largest absolute Gasteiger partial charge is 0.423 e. The fraction of sp³-hybridized carbons (Fsp3) is 0.400. The Morgan fingerprint density at radius 1 is 1.07 bits per heavy atom. The molecule has 0 unspecified atom stereocenters. The lowest BCUT2D eigenvalue weighted by Crippen LogP contribution is -2.37. The molecule has 5 rings (SSSR count). The third kappa shape index (κ3) is 2.72. The second-order valence-corrected chi connectivity index (χ2v) is 8.73. The molecule has 0 amide bonds. The Kier molecular flexibility index (Phi) is 4.17. The summed E-state index contributed by atoms with van der Waals surface area (Å²) in [5.74, 6) is 0.827. The van der Waals surface area contributed by atoms with Crippen LogP contribution < -0.4 is 4.74 Å². The van der Waals surface area contributed by atoms with E-state index in [4.69, 9.17) is 4.74 Å². The number of aliphatic hydroxyl groups is 1. The lowest BCUT2D eigenvalue weighted by molar-refractivity contribution is 0.0379. The summed E-state index contributed by atoms with van der Waals surface area (Å²) in [5.41, 5.74) is 6.28. The quantitative estimate of drug-likeness (QED) is 0.582. The molecule has 3 nitrogen and oxygen atoms in total. The summed E-state index contributed by atoms with van der Waals surface area (Å²) in [5, 5.41) is 10.5. The summed E-state index contributed by atoms with van der Waals surface area (Å²) in [6.07, 6.45) is 6.02. The Hall–Kier alpha value is -2.39. The van der Waals surface area contributed by atoms with Crippen molar-refractivity contribution in [2.45, 2.75) is 51.6 Å². The zero-order chi connectivity index (χ0) is 19.3. The fourth-order valence-corrected chi connectivity index (χ4v) is 5.67. The molecule has 0 aromatic heterocycles.